The van der Waals surface area contributed by atoms with Crippen LogP contribution in [0.3, 0.4) is 0 Å². The van der Waals surface area contributed by atoms with Crippen LogP contribution in [-0.4, -0.2) is 24.3 Å². The lowest BCUT2D eigenvalue weighted by molar-refractivity contribution is 0.0689. The molecule has 0 aliphatic heterocycles. The number of ether oxygens (including phenoxy) is 2. The first-order valence-electron chi connectivity index (χ1n) is 8.78. The Bertz CT molecular complexity index is 509. The Hall–Kier alpha value is -1.71. The summed E-state index contributed by atoms with van der Waals surface area (Å²) in [6, 6.07) is 1.99. The summed E-state index contributed by atoms with van der Waals surface area (Å²) in [4.78, 5) is 11.9. The second-order valence-electron chi connectivity index (χ2n) is 5.72. The molecule has 1 aromatic rings. The second kappa shape index (κ2) is 10.1. The highest BCUT2D eigenvalue weighted by Gasteiger charge is 2.24. The molecule has 0 heterocycles. The van der Waals surface area contributed by atoms with Crippen LogP contribution < -0.4 is 9.47 Å². The Labute approximate surface area is 139 Å². The van der Waals surface area contributed by atoms with E-state index in [4.69, 9.17) is 9.47 Å². The van der Waals surface area contributed by atoms with E-state index < -0.39 is 5.97 Å². The smallest absolute Gasteiger partial charge is 0.339 e. The molecule has 0 bridgehead atoms. The summed E-state index contributed by atoms with van der Waals surface area (Å²) in [5.74, 6) is 0.0379. The Morgan fingerprint density at radius 2 is 1.57 bits per heavy atom. The molecule has 130 valence electrons. The quantitative estimate of drug-likeness (QED) is 0.631. The molecular weight excluding hydrogens is 292 g/mol. The van der Waals surface area contributed by atoms with Gasteiger partial charge in [-0.2, -0.15) is 0 Å². The van der Waals surface area contributed by atoms with Crippen molar-refractivity contribution in [3.8, 4) is 11.5 Å². The predicted octanol–water partition coefficient (Wildman–Crippen LogP) is 4.87. The largest absolute Gasteiger partial charge is 0.490 e. The molecule has 1 N–H and O–H groups in total. The summed E-state index contributed by atoms with van der Waals surface area (Å²) in [5.41, 5.74) is 2.26. The molecule has 0 saturated heterocycles. The summed E-state index contributed by atoms with van der Waals surface area (Å²) < 4.78 is 11.6. The molecule has 0 aromatic heterocycles. The fourth-order valence-corrected chi connectivity index (χ4v) is 2.65. The van der Waals surface area contributed by atoms with E-state index in [2.05, 4.69) is 13.8 Å². The van der Waals surface area contributed by atoms with Gasteiger partial charge in [-0.05, 0) is 42.9 Å². The van der Waals surface area contributed by atoms with Gasteiger partial charge < -0.3 is 14.6 Å². The van der Waals surface area contributed by atoms with Gasteiger partial charge >= 0.3 is 5.97 Å². The molecule has 0 spiro atoms. The summed E-state index contributed by atoms with van der Waals surface area (Å²) >= 11 is 0. The average Bonchev–Trinajstić information content (AvgIpc) is 2.53. The van der Waals surface area contributed by atoms with Gasteiger partial charge in [0, 0.05) is 0 Å². The molecule has 1 aromatic carbocycles. The van der Waals surface area contributed by atoms with E-state index >= 15 is 0 Å². The topological polar surface area (TPSA) is 55.8 Å². The Balaban J connectivity index is 3.50. The van der Waals surface area contributed by atoms with E-state index in [0.29, 0.717) is 24.7 Å². The number of aromatic carboxylic acids is 1. The highest BCUT2D eigenvalue weighted by Crippen LogP contribution is 2.38. The van der Waals surface area contributed by atoms with Crippen molar-refractivity contribution in [1.82, 2.24) is 0 Å². The minimum absolute atomic E-state index is 0.289. The van der Waals surface area contributed by atoms with Crippen molar-refractivity contribution in [2.75, 3.05) is 13.2 Å². The minimum Gasteiger partial charge on any atom is -0.490 e. The molecule has 0 unspecified atom stereocenters. The monoisotopic (exact) mass is 322 g/mol. The van der Waals surface area contributed by atoms with Crippen LogP contribution in [0.15, 0.2) is 6.07 Å². The standard InChI is InChI=1S/C19H30O4/c1-5-9-14-13-16(22-11-7-3)18(23-12-8-4)17(19(20)21)15(14)10-6-2/h13H,5-12H2,1-4H3,(H,20,21). The zero-order valence-corrected chi connectivity index (χ0v) is 14.9. The van der Waals surface area contributed by atoms with Crippen LogP contribution in [0.4, 0.5) is 0 Å². The van der Waals surface area contributed by atoms with Gasteiger partial charge in [-0.25, -0.2) is 4.79 Å². The van der Waals surface area contributed by atoms with Crippen LogP contribution in [0.1, 0.15) is 74.9 Å². The number of aryl methyl sites for hydroxylation is 1. The fraction of sp³-hybridized carbons (Fsp3) is 0.632. The zero-order chi connectivity index (χ0) is 17.2. The van der Waals surface area contributed by atoms with E-state index in [0.717, 1.165) is 49.7 Å². The van der Waals surface area contributed by atoms with Gasteiger partial charge in [0.15, 0.2) is 11.5 Å². The van der Waals surface area contributed by atoms with Crippen molar-refractivity contribution in [2.45, 2.75) is 66.2 Å². The fourth-order valence-electron chi connectivity index (χ4n) is 2.65. The van der Waals surface area contributed by atoms with Crippen LogP contribution >= 0.6 is 0 Å². The van der Waals surface area contributed by atoms with Crippen molar-refractivity contribution in [1.29, 1.82) is 0 Å². The molecule has 4 heteroatoms. The third-order valence-corrected chi connectivity index (χ3v) is 3.59. The SMILES string of the molecule is CCCOc1cc(CCC)c(CCC)c(C(=O)O)c1OCCC. The highest BCUT2D eigenvalue weighted by molar-refractivity contribution is 5.94. The number of hydrogen-bond acceptors (Lipinski definition) is 3. The predicted molar refractivity (Wildman–Crippen MR) is 93.0 cm³/mol. The molecular formula is C19H30O4. The van der Waals surface area contributed by atoms with Crippen molar-refractivity contribution in [3.63, 3.8) is 0 Å². The molecule has 0 saturated carbocycles. The van der Waals surface area contributed by atoms with Crippen LogP contribution in [0, 0.1) is 0 Å². The molecule has 4 nitrogen and oxygen atoms in total. The molecule has 0 fully saturated rings. The molecule has 1 rings (SSSR count). The molecule has 0 atom stereocenters. The van der Waals surface area contributed by atoms with Gasteiger partial charge in [0.2, 0.25) is 0 Å². The number of carbonyl (C=O) groups is 1. The molecule has 0 amide bonds. The van der Waals surface area contributed by atoms with Gasteiger partial charge in [0.1, 0.15) is 5.56 Å². The Kier molecular flexibility index (Phi) is 8.52. The number of benzene rings is 1. The van der Waals surface area contributed by atoms with Crippen molar-refractivity contribution >= 4 is 5.97 Å². The Morgan fingerprint density at radius 1 is 0.957 bits per heavy atom. The van der Waals surface area contributed by atoms with Crippen LogP contribution in [0.5, 0.6) is 11.5 Å². The van der Waals surface area contributed by atoms with Gasteiger partial charge in [0.05, 0.1) is 13.2 Å². The minimum atomic E-state index is -0.932. The van der Waals surface area contributed by atoms with E-state index in [1.807, 2.05) is 19.9 Å². The lowest BCUT2D eigenvalue weighted by Gasteiger charge is -2.20. The number of hydrogen-bond donors (Lipinski definition) is 1. The maximum atomic E-state index is 11.9. The first-order chi connectivity index (χ1) is 11.1. The average molecular weight is 322 g/mol. The van der Waals surface area contributed by atoms with E-state index in [-0.39, 0.29) is 5.56 Å². The first kappa shape index (κ1) is 19.3. The normalized spacial score (nSPS) is 10.6. The molecule has 0 radical (unpaired) electrons. The van der Waals surface area contributed by atoms with Crippen molar-refractivity contribution < 1.29 is 19.4 Å². The third-order valence-electron chi connectivity index (χ3n) is 3.59. The van der Waals surface area contributed by atoms with Crippen molar-refractivity contribution in [3.05, 3.63) is 22.8 Å². The summed E-state index contributed by atoms with van der Waals surface area (Å²) in [7, 11) is 0. The zero-order valence-electron chi connectivity index (χ0n) is 14.9. The third kappa shape index (κ3) is 5.15. The highest BCUT2D eigenvalue weighted by atomic mass is 16.5. The van der Waals surface area contributed by atoms with E-state index in [1.54, 1.807) is 0 Å². The molecule has 0 aliphatic rings. The van der Waals surface area contributed by atoms with Crippen LogP contribution in [0.2, 0.25) is 0 Å². The van der Waals surface area contributed by atoms with Crippen LogP contribution in [-0.2, 0) is 12.8 Å². The maximum absolute atomic E-state index is 11.9. The summed E-state index contributed by atoms with van der Waals surface area (Å²) in [5, 5.41) is 9.78. The van der Waals surface area contributed by atoms with Gasteiger partial charge in [-0.15, -0.1) is 0 Å². The van der Waals surface area contributed by atoms with Crippen molar-refractivity contribution in [2.24, 2.45) is 0 Å². The summed E-state index contributed by atoms with van der Waals surface area (Å²) in [6.07, 6.45) is 5.17. The summed E-state index contributed by atoms with van der Waals surface area (Å²) in [6.45, 7) is 9.25. The number of carboxylic acid groups (broad SMARTS) is 1. The van der Waals surface area contributed by atoms with E-state index in [9.17, 15) is 9.90 Å². The number of rotatable bonds is 11. The lowest BCUT2D eigenvalue weighted by Crippen LogP contribution is -2.13. The van der Waals surface area contributed by atoms with Crippen LogP contribution in [0.25, 0.3) is 0 Å². The first-order valence-corrected chi connectivity index (χ1v) is 8.78. The maximum Gasteiger partial charge on any atom is 0.339 e. The lowest BCUT2D eigenvalue weighted by atomic mass is 9.93. The Morgan fingerprint density at radius 3 is 2.09 bits per heavy atom. The van der Waals surface area contributed by atoms with Gasteiger partial charge in [-0.1, -0.05) is 40.5 Å². The van der Waals surface area contributed by atoms with Gasteiger partial charge in [0.25, 0.3) is 0 Å². The second-order valence-corrected chi connectivity index (χ2v) is 5.72. The number of carboxylic acids is 1. The van der Waals surface area contributed by atoms with Gasteiger partial charge in [-0.3, -0.25) is 0 Å². The van der Waals surface area contributed by atoms with E-state index in [1.165, 1.54) is 0 Å². The molecule has 0 aliphatic carbocycles. The molecule has 23 heavy (non-hydrogen) atoms.